The summed E-state index contributed by atoms with van der Waals surface area (Å²) >= 11 is 0. The molecule has 0 aliphatic rings. The molecule has 0 amide bonds. The molecule has 48 heavy (non-hydrogen) atoms. The van der Waals surface area contributed by atoms with Crippen molar-refractivity contribution in [3.05, 3.63) is 145 Å². The first-order chi connectivity index (χ1) is 21.8. The van der Waals surface area contributed by atoms with Crippen LogP contribution < -0.4 is 24.8 Å². The van der Waals surface area contributed by atoms with Crippen LogP contribution in [-0.2, 0) is 16.8 Å². The van der Waals surface area contributed by atoms with Crippen LogP contribution in [0.5, 0.6) is 0 Å². The Balaban J connectivity index is 0.000000349. The first kappa shape index (κ1) is 40.4. The van der Waals surface area contributed by atoms with Gasteiger partial charge in [0.25, 0.3) is 0 Å². The number of aromatic nitrogens is 6. The molecule has 245 valence electrons. The predicted octanol–water partition coefficient (Wildman–Crippen LogP) is -0.469. The van der Waals surface area contributed by atoms with Crippen LogP contribution in [0.3, 0.4) is 0 Å². The Kier molecular flexibility index (Phi) is 17.3. The average Bonchev–Trinajstić information content (AvgIpc) is 3.10. The Bertz CT molecular complexity index is 1640. The molecule has 1 radical (unpaired) electrons. The van der Waals surface area contributed by atoms with Crippen molar-refractivity contribution in [3.63, 3.8) is 0 Å². The number of carbonyl (C=O) groups is 3. The minimum atomic E-state index is -0.977. The molecule has 0 aromatic carbocycles. The molecule has 3 N–H and O–H groups in total. The van der Waals surface area contributed by atoms with E-state index in [1.807, 2.05) is 54.6 Å². The van der Waals surface area contributed by atoms with Gasteiger partial charge in [0.1, 0.15) is 0 Å². The maximum atomic E-state index is 10.6. The van der Waals surface area contributed by atoms with Gasteiger partial charge in [-0.3, -0.25) is 29.9 Å². The van der Waals surface area contributed by atoms with E-state index in [1.54, 1.807) is 36.8 Å². The zero-order chi connectivity index (χ0) is 32.0. The van der Waals surface area contributed by atoms with Crippen molar-refractivity contribution in [1.29, 1.82) is 0 Å². The smallest absolute Gasteiger partial charge is 1.00 e. The van der Waals surface area contributed by atoms with Crippen molar-refractivity contribution in [2.75, 3.05) is 0 Å². The summed E-state index contributed by atoms with van der Waals surface area (Å²) in [5, 5.41) is 26.1. The van der Waals surface area contributed by atoms with Gasteiger partial charge in [0.15, 0.2) is 0 Å². The first-order valence-corrected chi connectivity index (χ1v) is 13.1. The maximum absolute atomic E-state index is 10.6. The van der Waals surface area contributed by atoms with Crippen LogP contribution >= 0.6 is 0 Å². The van der Waals surface area contributed by atoms with Crippen LogP contribution in [0.25, 0.3) is 34.2 Å². The van der Waals surface area contributed by atoms with Gasteiger partial charge in [0.2, 0.25) is 0 Å². The number of rotatable bonds is 6. The van der Waals surface area contributed by atoms with E-state index in [2.05, 4.69) is 29.9 Å². The SMILES string of the molecule is O=C(O)c1ccc(-c2ccccn2)nc1.O=C(O)c1ccc(-c2ccccn2)nc1.O=C(O)c1ccc(-c2ccccn2)nc1.[Cl-].[Cl-].[Co+2]. The van der Waals surface area contributed by atoms with Crippen molar-refractivity contribution in [1.82, 2.24) is 29.9 Å². The maximum Gasteiger partial charge on any atom is 2.00 e. The molecule has 6 aromatic heterocycles. The molecule has 0 saturated carbocycles. The van der Waals surface area contributed by atoms with E-state index < -0.39 is 17.9 Å². The molecule has 6 rings (SSSR count). The number of nitrogens with zero attached hydrogens (tertiary/aromatic N) is 6. The van der Waals surface area contributed by atoms with Crippen LogP contribution in [0.4, 0.5) is 0 Å². The molecule has 0 unspecified atom stereocenters. The number of pyridine rings is 6. The van der Waals surface area contributed by atoms with Crippen molar-refractivity contribution in [2.45, 2.75) is 0 Å². The summed E-state index contributed by atoms with van der Waals surface area (Å²) in [6.07, 6.45) is 8.98. The summed E-state index contributed by atoms with van der Waals surface area (Å²) in [5.41, 5.74) is 4.72. The third-order valence-corrected chi connectivity index (χ3v) is 5.81. The molecular formula is C33H24Cl2CoN6O6. The van der Waals surface area contributed by atoms with Crippen LogP contribution in [0.15, 0.2) is 128 Å². The molecule has 0 aliphatic heterocycles. The zero-order valence-electron chi connectivity index (χ0n) is 24.5. The Hall–Kier alpha value is -5.60. The second-order valence-corrected chi connectivity index (χ2v) is 8.86. The van der Waals surface area contributed by atoms with Gasteiger partial charge in [0.05, 0.1) is 50.9 Å². The number of aromatic carboxylic acids is 3. The van der Waals surface area contributed by atoms with Crippen LogP contribution in [0.2, 0.25) is 0 Å². The van der Waals surface area contributed by atoms with Gasteiger partial charge < -0.3 is 40.1 Å². The number of halogens is 2. The summed E-state index contributed by atoms with van der Waals surface area (Å²) in [6, 6.07) is 26.0. The van der Waals surface area contributed by atoms with E-state index in [1.165, 1.54) is 36.8 Å². The van der Waals surface area contributed by atoms with Crippen molar-refractivity contribution in [2.24, 2.45) is 0 Å². The van der Waals surface area contributed by atoms with Crippen molar-refractivity contribution < 1.29 is 71.3 Å². The van der Waals surface area contributed by atoms with E-state index in [9.17, 15) is 14.4 Å². The number of carboxylic acid groups (broad SMARTS) is 3. The van der Waals surface area contributed by atoms with E-state index in [4.69, 9.17) is 15.3 Å². The molecule has 0 fully saturated rings. The van der Waals surface area contributed by atoms with Gasteiger partial charge in [-0.2, -0.15) is 0 Å². The Morgan fingerprint density at radius 3 is 0.792 bits per heavy atom. The van der Waals surface area contributed by atoms with Crippen molar-refractivity contribution >= 4 is 17.9 Å². The number of hydrogen-bond acceptors (Lipinski definition) is 9. The minimum absolute atomic E-state index is 0. The van der Waals surface area contributed by atoms with E-state index in [0.717, 1.165) is 17.1 Å². The molecule has 6 aromatic rings. The van der Waals surface area contributed by atoms with Gasteiger partial charge in [-0.1, -0.05) is 18.2 Å². The molecule has 0 saturated heterocycles. The van der Waals surface area contributed by atoms with E-state index in [-0.39, 0.29) is 58.3 Å². The largest absolute Gasteiger partial charge is 2.00 e. The molecule has 0 bridgehead atoms. The third-order valence-electron chi connectivity index (χ3n) is 5.81. The topological polar surface area (TPSA) is 189 Å². The van der Waals surface area contributed by atoms with Gasteiger partial charge in [-0.25, -0.2) is 14.4 Å². The number of carboxylic acids is 3. The van der Waals surface area contributed by atoms with Crippen LogP contribution in [-0.4, -0.2) is 63.1 Å². The Labute approximate surface area is 297 Å². The predicted molar refractivity (Wildman–Crippen MR) is 163 cm³/mol. The van der Waals surface area contributed by atoms with Gasteiger partial charge in [-0.05, 0) is 72.8 Å². The van der Waals surface area contributed by atoms with E-state index in [0.29, 0.717) is 17.1 Å². The molecule has 0 aliphatic carbocycles. The fraction of sp³-hybridized carbons (Fsp3) is 0. The van der Waals surface area contributed by atoms with Gasteiger partial charge >= 0.3 is 34.7 Å². The Morgan fingerprint density at radius 1 is 0.375 bits per heavy atom. The zero-order valence-corrected chi connectivity index (χ0v) is 27.0. The minimum Gasteiger partial charge on any atom is -1.00 e. The molecule has 0 spiro atoms. The van der Waals surface area contributed by atoms with Crippen molar-refractivity contribution in [3.8, 4) is 34.2 Å². The molecule has 12 nitrogen and oxygen atoms in total. The second-order valence-electron chi connectivity index (χ2n) is 8.86. The molecule has 15 heteroatoms. The van der Waals surface area contributed by atoms with Crippen LogP contribution in [0.1, 0.15) is 31.1 Å². The number of hydrogen-bond donors (Lipinski definition) is 3. The standard InChI is InChI=1S/3C11H8N2O2.2ClH.Co/c3*14-11(15)8-4-5-10(13-7-8)9-3-1-2-6-12-9;;;/h3*1-7H,(H,14,15);2*1H;/q;;;;;+2/p-2. The summed E-state index contributed by atoms with van der Waals surface area (Å²) in [7, 11) is 0. The Morgan fingerprint density at radius 2 is 0.625 bits per heavy atom. The van der Waals surface area contributed by atoms with Crippen LogP contribution in [0, 0.1) is 0 Å². The molecular weight excluding hydrogens is 706 g/mol. The second kappa shape index (κ2) is 20.5. The summed E-state index contributed by atoms with van der Waals surface area (Å²) < 4.78 is 0. The fourth-order valence-corrected chi connectivity index (χ4v) is 3.56. The van der Waals surface area contributed by atoms with E-state index >= 15 is 0 Å². The summed E-state index contributed by atoms with van der Waals surface area (Å²) in [6.45, 7) is 0. The average molecular weight is 730 g/mol. The summed E-state index contributed by atoms with van der Waals surface area (Å²) in [5.74, 6) is -2.93. The summed E-state index contributed by atoms with van der Waals surface area (Å²) in [4.78, 5) is 56.2. The quantitative estimate of drug-likeness (QED) is 0.200. The molecule has 0 atom stereocenters. The normalized spacial score (nSPS) is 9.25. The monoisotopic (exact) mass is 729 g/mol. The fourth-order valence-electron chi connectivity index (χ4n) is 3.56. The molecule has 6 heterocycles. The van der Waals surface area contributed by atoms with Gasteiger partial charge in [0, 0.05) is 37.2 Å². The first-order valence-electron chi connectivity index (χ1n) is 13.1. The van der Waals surface area contributed by atoms with Gasteiger partial charge in [-0.15, -0.1) is 0 Å². The third kappa shape index (κ3) is 12.0.